The molecule has 0 aliphatic carbocycles. The first-order valence-corrected chi connectivity index (χ1v) is 15.4. The Morgan fingerprint density at radius 3 is 2.58 bits per heavy atom. The van der Waals surface area contributed by atoms with E-state index in [4.69, 9.17) is 10.7 Å². The number of pyridine rings is 2. The van der Waals surface area contributed by atoms with Gasteiger partial charge in [-0.25, -0.2) is 17.8 Å². The molecule has 10 nitrogen and oxygen atoms in total. The molecule has 0 saturated carbocycles. The number of aromatic nitrogens is 5. The van der Waals surface area contributed by atoms with Gasteiger partial charge in [0.1, 0.15) is 22.4 Å². The van der Waals surface area contributed by atoms with Crippen LogP contribution in [0.1, 0.15) is 24.8 Å². The van der Waals surface area contributed by atoms with Crippen molar-refractivity contribution in [3.05, 3.63) is 84.4 Å². The predicted octanol–water partition coefficient (Wildman–Crippen LogP) is 5.57. The Labute approximate surface area is 246 Å². The minimum absolute atomic E-state index is 0.106. The Hall–Kier alpha value is -4.94. The molecule has 43 heavy (non-hydrogen) atoms. The zero-order chi connectivity index (χ0) is 30.5. The van der Waals surface area contributed by atoms with Crippen molar-refractivity contribution in [3.8, 4) is 33.8 Å². The molecule has 5 N–H and O–H groups in total. The van der Waals surface area contributed by atoms with Gasteiger partial charge in [0.15, 0.2) is 9.84 Å². The van der Waals surface area contributed by atoms with Crippen molar-refractivity contribution >= 4 is 43.4 Å². The van der Waals surface area contributed by atoms with Crippen LogP contribution in [0.15, 0.2) is 73.1 Å². The second kappa shape index (κ2) is 10.7. The smallest absolute Gasteiger partial charge is 0.226 e. The number of amides is 1. The van der Waals surface area contributed by atoms with E-state index >= 15 is 0 Å². The van der Waals surface area contributed by atoms with E-state index in [1.807, 2.05) is 56.3 Å². The Morgan fingerprint density at radius 2 is 1.81 bits per heavy atom. The lowest BCUT2D eigenvalue weighted by molar-refractivity contribution is -0.118. The molecule has 0 bridgehead atoms. The van der Waals surface area contributed by atoms with Crippen molar-refractivity contribution in [2.24, 2.45) is 11.7 Å². The number of anilines is 1. The Balaban J connectivity index is 1.41. The maximum Gasteiger partial charge on any atom is 0.226 e. The predicted molar refractivity (Wildman–Crippen MR) is 165 cm³/mol. The van der Waals surface area contributed by atoms with Crippen molar-refractivity contribution in [1.29, 1.82) is 0 Å². The van der Waals surface area contributed by atoms with Crippen LogP contribution in [0.4, 0.5) is 10.1 Å². The van der Waals surface area contributed by atoms with Gasteiger partial charge in [-0.15, -0.1) is 0 Å². The highest BCUT2D eigenvalue weighted by atomic mass is 32.2. The first kappa shape index (κ1) is 28.2. The molecule has 6 aromatic rings. The van der Waals surface area contributed by atoms with E-state index in [-0.39, 0.29) is 17.4 Å². The number of hydrogen-bond donors (Lipinski definition) is 4. The first-order chi connectivity index (χ1) is 20.5. The zero-order valence-electron chi connectivity index (χ0n) is 23.5. The maximum atomic E-state index is 14.7. The first-order valence-electron chi connectivity index (χ1n) is 13.5. The molecule has 218 valence electrons. The number of nitrogens with one attached hydrogen (secondary N) is 3. The lowest BCUT2D eigenvalue weighted by Gasteiger charge is -2.12. The number of H-pyrrole nitrogens is 2. The van der Waals surface area contributed by atoms with Gasteiger partial charge < -0.3 is 16.0 Å². The summed E-state index contributed by atoms with van der Waals surface area (Å²) in [5.74, 6) is -0.862. The highest BCUT2D eigenvalue weighted by Gasteiger charge is 2.21. The van der Waals surface area contributed by atoms with Crippen LogP contribution >= 0.6 is 0 Å². The van der Waals surface area contributed by atoms with Crippen molar-refractivity contribution in [2.45, 2.75) is 19.2 Å². The van der Waals surface area contributed by atoms with Crippen molar-refractivity contribution in [2.75, 3.05) is 11.6 Å². The molecule has 6 rings (SSSR count). The molecule has 4 aromatic heterocycles. The number of nitrogens with two attached hydrogens (primary N) is 1. The fourth-order valence-electron chi connectivity index (χ4n) is 4.90. The standard InChI is InChI=1S/C31H28FN7O3S/c1-16(2)31(40)35-21-12-19(14-34-15-21)24-7-8-26-28(37-24)29(39-38-26)27-13-23-22(5-4-6-25(23)36-27)17-9-18(11-20(32)10-17)30(33)43(3,41)42/h4-16,30,36H,33H2,1-3H3,(H,35,40)(H,38,39). The molecule has 1 amide bonds. The molecule has 0 spiro atoms. The number of hydrogen-bond acceptors (Lipinski definition) is 7. The van der Waals surface area contributed by atoms with Crippen LogP contribution in [-0.4, -0.2) is 45.7 Å². The molecule has 1 unspecified atom stereocenters. The molecule has 12 heteroatoms. The largest absolute Gasteiger partial charge is 0.353 e. The van der Waals surface area contributed by atoms with Crippen LogP contribution in [0.5, 0.6) is 0 Å². The number of aromatic amines is 2. The lowest BCUT2D eigenvalue weighted by Crippen LogP contribution is -2.20. The monoisotopic (exact) mass is 597 g/mol. The number of nitrogens with zero attached hydrogens (tertiary/aromatic N) is 3. The normalized spacial score (nSPS) is 12.7. The third-order valence-corrected chi connectivity index (χ3v) is 8.37. The van der Waals surface area contributed by atoms with Gasteiger partial charge in [0, 0.05) is 34.8 Å². The van der Waals surface area contributed by atoms with Gasteiger partial charge >= 0.3 is 0 Å². The van der Waals surface area contributed by atoms with Gasteiger partial charge in [0.05, 0.1) is 28.8 Å². The topological polar surface area (TPSA) is 160 Å². The average Bonchev–Trinajstić information content (AvgIpc) is 3.59. The van der Waals surface area contributed by atoms with Crippen molar-refractivity contribution in [1.82, 2.24) is 25.1 Å². The third-order valence-electron chi connectivity index (χ3n) is 7.17. The van der Waals surface area contributed by atoms with E-state index < -0.39 is 21.0 Å². The molecule has 0 aliphatic rings. The quantitative estimate of drug-likeness (QED) is 0.187. The van der Waals surface area contributed by atoms with Crippen LogP contribution < -0.4 is 11.1 Å². The molecule has 4 heterocycles. The second-order valence-corrected chi connectivity index (χ2v) is 12.9. The number of benzene rings is 2. The highest BCUT2D eigenvalue weighted by molar-refractivity contribution is 7.90. The van der Waals surface area contributed by atoms with E-state index in [2.05, 4.69) is 25.5 Å². The summed E-state index contributed by atoms with van der Waals surface area (Å²) >= 11 is 0. The van der Waals surface area contributed by atoms with Crippen LogP contribution in [0, 0.1) is 11.7 Å². The molecule has 2 aromatic carbocycles. The van der Waals surface area contributed by atoms with E-state index in [0.717, 1.165) is 34.3 Å². The lowest BCUT2D eigenvalue weighted by atomic mass is 9.99. The molecular weight excluding hydrogens is 569 g/mol. The maximum absolute atomic E-state index is 14.7. The second-order valence-electron chi connectivity index (χ2n) is 10.7. The SMILES string of the molecule is CC(C)C(=O)Nc1cncc(-c2ccc3[nH]nc(-c4cc5c(-c6cc(F)cc(C(N)S(C)(=O)=O)c6)cccc5[nH]4)c3n2)c1. The molecule has 0 radical (unpaired) electrons. The number of carbonyl (C=O) groups excluding carboxylic acids is 1. The van der Waals surface area contributed by atoms with Crippen LogP contribution in [0.3, 0.4) is 0 Å². The van der Waals surface area contributed by atoms with Crippen LogP contribution in [0.2, 0.25) is 0 Å². The molecule has 1 atom stereocenters. The van der Waals surface area contributed by atoms with Gasteiger partial charge in [-0.05, 0) is 65.2 Å². The molecular formula is C31H28FN7O3S. The highest BCUT2D eigenvalue weighted by Crippen LogP contribution is 2.35. The van der Waals surface area contributed by atoms with Gasteiger partial charge in [-0.1, -0.05) is 26.0 Å². The Bertz CT molecular complexity index is 2140. The Morgan fingerprint density at radius 1 is 1.00 bits per heavy atom. The summed E-state index contributed by atoms with van der Waals surface area (Å²) in [5, 5.41) is 9.84. The summed E-state index contributed by atoms with van der Waals surface area (Å²) in [6, 6.07) is 17.1. The molecule has 0 aliphatic heterocycles. The van der Waals surface area contributed by atoms with E-state index in [9.17, 15) is 17.6 Å². The summed E-state index contributed by atoms with van der Waals surface area (Å²) in [4.78, 5) is 24.7. The fraction of sp³-hybridized carbons (Fsp3) is 0.161. The van der Waals surface area contributed by atoms with Crippen LogP contribution in [-0.2, 0) is 14.6 Å². The minimum Gasteiger partial charge on any atom is -0.353 e. The number of sulfone groups is 1. The Kier molecular flexibility index (Phi) is 7.03. The van der Waals surface area contributed by atoms with Crippen LogP contribution in [0.25, 0.3) is 55.7 Å². The van der Waals surface area contributed by atoms with Gasteiger partial charge in [0.2, 0.25) is 5.91 Å². The van der Waals surface area contributed by atoms with Gasteiger partial charge in [-0.2, -0.15) is 5.10 Å². The molecule has 0 saturated heterocycles. The number of carbonyl (C=O) groups is 1. The summed E-state index contributed by atoms with van der Waals surface area (Å²) in [6.07, 6.45) is 4.29. The summed E-state index contributed by atoms with van der Waals surface area (Å²) < 4.78 is 38.8. The van der Waals surface area contributed by atoms with E-state index in [1.54, 1.807) is 18.5 Å². The third kappa shape index (κ3) is 5.49. The zero-order valence-corrected chi connectivity index (χ0v) is 24.3. The van der Waals surface area contributed by atoms with E-state index in [0.29, 0.717) is 39.4 Å². The van der Waals surface area contributed by atoms with Crippen molar-refractivity contribution in [3.63, 3.8) is 0 Å². The summed E-state index contributed by atoms with van der Waals surface area (Å²) in [6.45, 7) is 3.64. The summed E-state index contributed by atoms with van der Waals surface area (Å²) in [5.41, 5.74) is 12.6. The number of halogens is 1. The number of rotatable bonds is 7. The van der Waals surface area contributed by atoms with Crippen molar-refractivity contribution < 1.29 is 17.6 Å². The summed E-state index contributed by atoms with van der Waals surface area (Å²) in [7, 11) is -3.63. The minimum atomic E-state index is -3.63. The fourth-order valence-corrected chi connectivity index (χ4v) is 5.53. The molecule has 0 fully saturated rings. The van der Waals surface area contributed by atoms with Gasteiger partial charge in [-0.3, -0.25) is 14.9 Å². The van der Waals surface area contributed by atoms with E-state index in [1.165, 1.54) is 6.07 Å². The number of fused-ring (bicyclic) bond motifs is 2. The van der Waals surface area contributed by atoms with Gasteiger partial charge in [0.25, 0.3) is 0 Å². The average molecular weight is 598 g/mol.